The van der Waals surface area contributed by atoms with Crippen LogP contribution in [0.3, 0.4) is 0 Å². The molecule has 4 heteroatoms. The zero-order chi connectivity index (χ0) is 20.2. The van der Waals surface area contributed by atoms with Crippen LogP contribution in [-0.2, 0) is 6.42 Å². The molecule has 0 heterocycles. The molecule has 1 fully saturated rings. The second kappa shape index (κ2) is 8.56. The van der Waals surface area contributed by atoms with Crippen LogP contribution in [0.2, 0.25) is 0 Å². The van der Waals surface area contributed by atoms with Crippen LogP contribution in [0.15, 0.2) is 84.7 Å². The standard InChI is InChI=1S/C25H21F3O/c26-20-12-10-19(11-13-20)25(18-8-9-18)23(28)15-7-17-6-14-22(27)24(16-17)29-21-4-2-1-3-5-21/h1-6,10-16,18,25H,7-9H2. The highest BCUT2D eigenvalue weighted by molar-refractivity contribution is 5.37. The summed E-state index contributed by atoms with van der Waals surface area (Å²) in [4.78, 5) is 0. The van der Waals surface area contributed by atoms with Crippen molar-refractivity contribution < 1.29 is 17.9 Å². The van der Waals surface area contributed by atoms with E-state index >= 15 is 4.39 Å². The maximum atomic E-state index is 15.0. The van der Waals surface area contributed by atoms with E-state index in [4.69, 9.17) is 4.74 Å². The molecular weight excluding hydrogens is 373 g/mol. The molecule has 148 valence electrons. The van der Waals surface area contributed by atoms with E-state index in [0.29, 0.717) is 12.2 Å². The van der Waals surface area contributed by atoms with Gasteiger partial charge in [0.2, 0.25) is 0 Å². The van der Waals surface area contributed by atoms with E-state index in [1.54, 1.807) is 36.4 Å². The monoisotopic (exact) mass is 394 g/mol. The molecule has 0 saturated heterocycles. The van der Waals surface area contributed by atoms with E-state index in [1.807, 2.05) is 18.2 Å². The number of hydrogen-bond acceptors (Lipinski definition) is 1. The van der Waals surface area contributed by atoms with Gasteiger partial charge < -0.3 is 4.74 Å². The lowest BCUT2D eigenvalue weighted by molar-refractivity contribution is 0.441. The van der Waals surface area contributed by atoms with Gasteiger partial charge in [0.05, 0.1) is 0 Å². The summed E-state index contributed by atoms with van der Waals surface area (Å²) < 4.78 is 47.9. The van der Waals surface area contributed by atoms with Gasteiger partial charge in [0.1, 0.15) is 17.4 Å². The van der Waals surface area contributed by atoms with Crippen LogP contribution < -0.4 is 4.74 Å². The molecule has 0 N–H and O–H groups in total. The summed E-state index contributed by atoms with van der Waals surface area (Å²) in [7, 11) is 0. The Kier molecular flexibility index (Phi) is 5.70. The lowest BCUT2D eigenvalue weighted by atomic mass is 9.92. The molecule has 1 aliphatic rings. The Morgan fingerprint density at radius 2 is 1.69 bits per heavy atom. The van der Waals surface area contributed by atoms with Crippen molar-refractivity contribution in [2.45, 2.75) is 25.2 Å². The van der Waals surface area contributed by atoms with E-state index in [1.165, 1.54) is 24.3 Å². The van der Waals surface area contributed by atoms with Gasteiger partial charge in [0.25, 0.3) is 0 Å². The summed E-state index contributed by atoms with van der Waals surface area (Å²) in [5, 5.41) is 0. The number of allylic oxidation sites excluding steroid dienone is 2. The molecule has 0 radical (unpaired) electrons. The number of benzene rings is 3. The van der Waals surface area contributed by atoms with Crippen LogP contribution in [-0.4, -0.2) is 0 Å². The molecular formula is C25H21F3O. The predicted octanol–water partition coefficient (Wildman–Crippen LogP) is 7.35. The molecule has 0 amide bonds. The molecule has 0 aliphatic heterocycles. The van der Waals surface area contributed by atoms with Gasteiger partial charge in [0.15, 0.2) is 11.6 Å². The number of hydrogen-bond donors (Lipinski definition) is 0. The average molecular weight is 394 g/mol. The first-order valence-corrected chi connectivity index (χ1v) is 9.72. The van der Waals surface area contributed by atoms with E-state index in [9.17, 15) is 8.78 Å². The molecule has 0 spiro atoms. The van der Waals surface area contributed by atoms with Crippen molar-refractivity contribution in [2.75, 3.05) is 0 Å². The fraction of sp³-hybridized carbons (Fsp3) is 0.200. The number of ether oxygens (including phenoxy) is 1. The van der Waals surface area contributed by atoms with Crippen molar-refractivity contribution in [3.05, 3.63) is 107 Å². The lowest BCUT2D eigenvalue weighted by Crippen LogP contribution is -2.03. The fourth-order valence-corrected chi connectivity index (χ4v) is 3.47. The Labute approximate surface area is 168 Å². The molecule has 4 rings (SSSR count). The Morgan fingerprint density at radius 1 is 0.966 bits per heavy atom. The molecule has 1 atom stereocenters. The number of para-hydroxylation sites is 1. The van der Waals surface area contributed by atoms with Crippen LogP contribution in [0.5, 0.6) is 11.5 Å². The average Bonchev–Trinajstić information content (AvgIpc) is 3.56. The second-order valence-corrected chi connectivity index (χ2v) is 7.34. The van der Waals surface area contributed by atoms with Crippen molar-refractivity contribution >= 4 is 0 Å². The van der Waals surface area contributed by atoms with Gasteiger partial charge in [-0.2, -0.15) is 0 Å². The first-order valence-electron chi connectivity index (χ1n) is 9.72. The minimum atomic E-state index is -0.468. The maximum Gasteiger partial charge on any atom is 0.165 e. The van der Waals surface area contributed by atoms with E-state index < -0.39 is 5.82 Å². The van der Waals surface area contributed by atoms with Gasteiger partial charge in [0, 0.05) is 5.92 Å². The maximum absolute atomic E-state index is 15.0. The lowest BCUT2D eigenvalue weighted by Gasteiger charge is -2.15. The molecule has 1 nitrogen and oxygen atoms in total. The van der Waals surface area contributed by atoms with Crippen LogP contribution in [0.1, 0.15) is 29.9 Å². The first-order chi connectivity index (χ1) is 14.1. The zero-order valence-corrected chi connectivity index (χ0v) is 15.8. The smallest absolute Gasteiger partial charge is 0.165 e. The summed E-state index contributed by atoms with van der Waals surface area (Å²) >= 11 is 0. The van der Waals surface area contributed by atoms with Crippen molar-refractivity contribution in [3.8, 4) is 11.5 Å². The number of halogens is 3. The molecule has 1 unspecified atom stereocenters. The molecule has 3 aromatic carbocycles. The van der Waals surface area contributed by atoms with Gasteiger partial charge in [-0.05, 0) is 78.8 Å². The van der Waals surface area contributed by atoms with Gasteiger partial charge in [-0.1, -0.05) is 36.4 Å². The summed E-state index contributed by atoms with van der Waals surface area (Å²) in [6.07, 6.45) is 3.79. The van der Waals surface area contributed by atoms with Gasteiger partial charge >= 0.3 is 0 Å². The number of rotatable bonds is 7. The highest BCUT2D eigenvalue weighted by Crippen LogP contribution is 2.47. The van der Waals surface area contributed by atoms with Gasteiger partial charge in [-0.3, -0.25) is 0 Å². The Balaban J connectivity index is 1.51. The third kappa shape index (κ3) is 4.89. The van der Waals surface area contributed by atoms with Crippen LogP contribution in [0.25, 0.3) is 0 Å². The minimum absolute atomic E-state index is 0.111. The molecule has 0 bridgehead atoms. The Bertz CT molecular complexity index is 992. The summed E-state index contributed by atoms with van der Waals surface area (Å²) in [5.41, 5.74) is 1.54. The SMILES string of the molecule is FC(=CCc1ccc(F)c(Oc2ccccc2)c1)C(c1ccc(F)cc1)C1CC1. The summed E-state index contributed by atoms with van der Waals surface area (Å²) in [6, 6.07) is 19.5. The molecule has 3 aromatic rings. The molecule has 29 heavy (non-hydrogen) atoms. The quantitative estimate of drug-likeness (QED) is 0.407. The van der Waals surface area contributed by atoms with Crippen LogP contribution in [0.4, 0.5) is 13.2 Å². The van der Waals surface area contributed by atoms with Crippen LogP contribution in [0, 0.1) is 17.6 Å². The molecule has 1 saturated carbocycles. The molecule has 0 aromatic heterocycles. The highest BCUT2D eigenvalue weighted by atomic mass is 19.1. The fourth-order valence-electron chi connectivity index (χ4n) is 3.47. The molecule has 1 aliphatic carbocycles. The van der Waals surface area contributed by atoms with Crippen LogP contribution >= 0.6 is 0 Å². The van der Waals surface area contributed by atoms with E-state index in [2.05, 4.69) is 0 Å². The van der Waals surface area contributed by atoms with Gasteiger partial charge in [-0.25, -0.2) is 13.2 Å². The van der Waals surface area contributed by atoms with Crippen molar-refractivity contribution in [1.29, 1.82) is 0 Å². The summed E-state index contributed by atoms with van der Waals surface area (Å²) in [6.45, 7) is 0. The second-order valence-electron chi connectivity index (χ2n) is 7.34. The first kappa shape index (κ1) is 19.3. The van der Waals surface area contributed by atoms with E-state index in [0.717, 1.165) is 24.0 Å². The van der Waals surface area contributed by atoms with Crippen molar-refractivity contribution in [3.63, 3.8) is 0 Å². The highest BCUT2D eigenvalue weighted by Gasteiger charge is 2.35. The van der Waals surface area contributed by atoms with Crippen molar-refractivity contribution in [1.82, 2.24) is 0 Å². The third-order valence-corrected chi connectivity index (χ3v) is 5.12. The minimum Gasteiger partial charge on any atom is -0.454 e. The van der Waals surface area contributed by atoms with Gasteiger partial charge in [-0.15, -0.1) is 0 Å². The summed E-state index contributed by atoms with van der Waals surface area (Å²) in [5.74, 6) is -0.476. The van der Waals surface area contributed by atoms with Crippen molar-refractivity contribution in [2.24, 2.45) is 5.92 Å². The normalized spacial score (nSPS) is 15.2. The Hall–Kier alpha value is -3.01. The Morgan fingerprint density at radius 3 is 2.38 bits per heavy atom. The zero-order valence-electron chi connectivity index (χ0n) is 15.8. The third-order valence-electron chi connectivity index (χ3n) is 5.12. The topological polar surface area (TPSA) is 9.23 Å². The largest absolute Gasteiger partial charge is 0.454 e. The van der Waals surface area contributed by atoms with E-state index in [-0.39, 0.29) is 29.2 Å². The predicted molar refractivity (Wildman–Crippen MR) is 108 cm³/mol.